The van der Waals surface area contributed by atoms with Crippen molar-refractivity contribution in [3.63, 3.8) is 0 Å². The fraction of sp³-hybridized carbons (Fsp3) is 0.368. The summed E-state index contributed by atoms with van der Waals surface area (Å²) in [5, 5.41) is 3.60. The van der Waals surface area contributed by atoms with Crippen LogP contribution in [0.4, 0.5) is 17.1 Å². The number of aryl methyl sites for hydroxylation is 1. The lowest BCUT2D eigenvalue weighted by Gasteiger charge is -2.28. The summed E-state index contributed by atoms with van der Waals surface area (Å²) in [6.45, 7) is 5.64. The standard InChI is InChI=1S/C19H24N2/c1-14(2)17-8-4-5-9-18(17)20-16-10-11-19-15(13-16)7-6-12-21(19)3/h4-5,8-11,13-14,20H,6-7,12H2,1-3H3. The van der Waals surface area contributed by atoms with E-state index in [-0.39, 0.29) is 0 Å². The summed E-state index contributed by atoms with van der Waals surface area (Å²) in [6.07, 6.45) is 2.43. The molecule has 2 aromatic carbocycles. The summed E-state index contributed by atoms with van der Waals surface area (Å²) >= 11 is 0. The van der Waals surface area contributed by atoms with E-state index in [4.69, 9.17) is 0 Å². The molecule has 2 nitrogen and oxygen atoms in total. The van der Waals surface area contributed by atoms with E-state index in [1.165, 1.54) is 41.0 Å². The average Bonchev–Trinajstić information content (AvgIpc) is 2.48. The van der Waals surface area contributed by atoms with Crippen molar-refractivity contribution in [3.8, 4) is 0 Å². The van der Waals surface area contributed by atoms with Gasteiger partial charge in [0.05, 0.1) is 0 Å². The lowest BCUT2D eigenvalue weighted by atomic mass is 9.99. The second-order valence-electron chi connectivity index (χ2n) is 6.24. The van der Waals surface area contributed by atoms with E-state index in [0.717, 1.165) is 6.54 Å². The molecule has 1 aliphatic rings. The molecule has 0 atom stereocenters. The zero-order valence-corrected chi connectivity index (χ0v) is 13.2. The van der Waals surface area contributed by atoms with Crippen molar-refractivity contribution in [2.75, 3.05) is 23.8 Å². The minimum absolute atomic E-state index is 0.525. The third-order valence-electron chi connectivity index (χ3n) is 4.29. The smallest absolute Gasteiger partial charge is 0.0419 e. The van der Waals surface area contributed by atoms with Gasteiger partial charge in [-0.2, -0.15) is 0 Å². The fourth-order valence-corrected chi connectivity index (χ4v) is 3.13. The number of nitrogens with zero attached hydrogens (tertiary/aromatic N) is 1. The molecule has 2 aromatic rings. The Hall–Kier alpha value is -1.96. The molecule has 0 aliphatic carbocycles. The first-order valence-corrected chi connectivity index (χ1v) is 7.85. The lowest BCUT2D eigenvalue weighted by molar-refractivity contribution is 0.745. The molecule has 21 heavy (non-hydrogen) atoms. The van der Waals surface area contributed by atoms with Gasteiger partial charge in [-0.3, -0.25) is 0 Å². The topological polar surface area (TPSA) is 15.3 Å². The van der Waals surface area contributed by atoms with Crippen molar-refractivity contribution in [1.82, 2.24) is 0 Å². The molecule has 0 unspecified atom stereocenters. The Labute approximate surface area is 127 Å². The molecule has 0 fully saturated rings. The number of benzene rings is 2. The van der Waals surface area contributed by atoms with Crippen molar-refractivity contribution in [1.29, 1.82) is 0 Å². The van der Waals surface area contributed by atoms with Crippen LogP contribution in [0.5, 0.6) is 0 Å². The molecule has 0 spiro atoms. The second-order valence-corrected chi connectivity index (χ2v) is 6.24. The van der Waals surface area contributed by atoms with Crippen LogP contribution >= 0.6 is 0 Å². The molecule has 1 heterocycles. The van der Waals surface area contributed by atoms with Crippen molar-refractivity contribution in [2.45, 2.75) is 32.6 Å². The number of nitrogens with one attached hydrogen (secondary N) is 1. The summed E-state index contributed by atoms with van der Waals surface area (Å²) in [4.78, 5) is 2.35. The highest BCUT2D eigenvalue weighted by molar-refractivity contribution is 5.68. The molecule has 0 aromatic heterocycles. The van der Waals surface area contributed by atoms with Crippen LogP contribution in [-0.2, 0) is 6.42 Å². The maximum absolute atomic E-state index is 3.60. The van der Waals surface area contributed by atoms with Gasteiger partial charge < -0.3 is 10.2 Å². The van der Waals surface area contributed by atoms with Gasteiger partial charge in [-0.05, 0) is 54.2 Å². The summed E-state index contributed by atoms with van der Waals surface area (Å²) in [6, 6.07) is 15.3. The highest BCUT2D eigenvalue weighted by Crippen LogP contribution is 2.31. The van der Waals surface area contributed by atoms with Crippen molar-refractivity contribution < 1.29 is 0 Å². The van der Waals surface area contributed by atoms with Gasteiger partial charge in [0.15, 0.2) is 0 Å². The Bertz CT molecular complexity index is 631. The number of rotatable bonds is 3. The number of anilines is 3. The van der Waals surface area contributed by atoms with Crippen LogP contribution in [0.15, 0.2) is 42.5 Å². The molecule has 110 valence electrons. The van der Waals surface area contributed by atoms with Crippen molar-refractivity contribution in [2.24, 2.45) is 0 Å². The van der Waals surface area contributed by atoms with Crippen LogP contribution in [0.25, 0.3) is 0 Å². The van der Waals surface area contributed by atoms with E-state index >= 15 is 0 Å². The van der Waals surface area contributed by atoms with Crippen LogP contribution in [0.1, 0.15) is 37.3 Å². The van der Waals surface area contributed by atoms with Crippen LogP contribution in [0, 0.1) is 0 Å². The maximum Gasteiger partial charge on any atom is 0.0419 e. The zero-order chi connectivity index (χ0) is 14.8. The predicted molar refractivity (Wildman–Crippen MR) is 91.8 cm³/mol. The quantitative estimate of drug-likeness (QED) is 0.857. The summed E-state index contributed by atoms with van der Waals surface area (Å²) < 4.78 is 0. The van der Waals surface area contributed by atoms with Crippen molar-refractivity contribution >= 4 is 17.1 Å². The van der Waals surface area contributed by atoms with Gasteiger partial charge in [-0.25, -0.2) is 0 Å². The third kappa shape index (κ3) is 2.90. The second kappa shape index (κ2) is 5.80. The Morgan fingerprint density at radius 2 is 1.90 bits per heavy atom. The molecule has 0 bridgehead atoms. The van der Waals surface area contributed by atoms with E-state index in [9.17, 15) is 0 Å². The minimum atomic E-state index is 0.525. The van der Waals surface area contributed by atoms with Gasteiger partial charge in [-0.1, -0.05) is 32.0 Å². The monoisotopic (exact) mass is 280 g/mol. The summed E-state index contributed by atoms with van der Waals surface area (Å²) in [5.41, 5.74) is 6.61. The van der Waals surface area contributed by atoms with Crippen LogP contribution in [0.2, 0.25) is 0 Å². The van der Waals surface area contributed by atoms with Gasteiger partial charge in [0, 0.05) is 30.7 Å². The number of fused-ring (bicyclic) bond motifs is 1. The Kier molecular flexibility index (Phi) is 3.87. The van der Waals surface area contributed by atoms with Crippen LogP contribution in [0.3, 0.4) is 0 Å². The third-order valence-corrected chi connectivity index (χ3v) is 4.29. The highest BCUT2D eigenvalue weighted by atomic mass is 15.1. The predicted octanol–water partition coefficient (Wildman–Crippen LogP) is 4.94. The zero-order valence-electron chi connectivity index (χ0n) is 13.2. The van der Waals surface area contributed by atoms with Crippen LogP contribution in [-0.4, -0.2) is 13.6 Å². The first-order valence-electron chi connectivity index (χ1n) is 7.85. The molecular formula is C19H24N2. The van der Waals surface area contributed by atoms with Crippen LogP contribution < -0.4 is 10.2 Å². The van der Waals surface area contributed by atoms with Gasteiger partial charge in [0.2, 0.25) is 0 Å². The first-order chi connectivity index (χ1) is 10.1. The molecule has 1 aliphatic heterocycles. The maximum atomic E-state index is 3.60. The van der Waals surface area contributed by atoms with Gasteiger partial charge in [0.1, 0.15) is 0 Å². The van der Waals surface area contributed by atoms with E-state index in [1.807, 2.05) is 0 Å². The fourth-order valence-electron chi connectivity index (χ4n) is 3.13. The Morgan fingerprint density at radius 1 is 1.10 bits per heavy atom. The average molecular weight is 280 g/mol. The number of hydrogen-bond acceptors (Lipinski definition) is 2. The Morgan fingerprint density at radius 3 is 2.71 bits per heavy atom. The van der Waals surface area contributed by atoms with Gasteiger partial charge in [0.25, 0.3) is 0 Å². The number of hydrogen-bond donors (Lipinski definition) is 1. The molecule has 3 rings (SSSR count). The van der Waals surface area contributed by atoms with E-state index in [2.05, 4.69) is 73.6 Å². The lowest BCUT2D eigenvalue weighted by Crippen LogP contribution is -2.24. The van der Waals surface area contributed by atoms with E-state index in [0.29, 0.717) is 5.92 Å². The number of para-hydroxylation sites is 1. The highest BCUT2D eigenvalue weighted by Gasteiger charge is 2.14. The van der Waals surface area contributed by atoms with Gasteiger partial charge in [-0.15, -0.1) is 0 Å². The molecule has 1 N–H and O–H groups in total. The minimum Gasteiger partial charge on any atom is -0.374 e. The summed E-state index contributed by atoms with van der Waals surface area (Å²) in [7, 11) is 2.18. The SMILES string of the molecule is CC(C)c1ccccc1Nc1ccc2c(c1)CCCN2C. The van der Waals surface area contributed by atoms with E-state index in [1.54, 1.807) is 0 Å². The Balaban J connectivity index is 1.89. The van der Waals surface area contributed by atoms with Crippen molar-refractivity contribution in [3.05, 3.63) is 53.6 Å². The molecular weight excluding hydrogens is 256 g/mol. The normalized spacial score (nSPS) is 14.2. The molecule has 0 saturated heterocycles. The van der Waals surface area contributed by atoms with Gasteiger partial charge >= 0.3 is 0 Å². The molecule has 2 heteroatoms. The molecule has 0 radical (unpaired) electrons. The molecule has 0 amide bonds. The largest absolute Gasteiger partial charge is 0.374 e. The molecule has 0 saturated carbocycles. The summed E-state index contributed by atoms with van der Waals surface area (Å²) in [5.74, 6) is 0.525. The first kappa shape index (κ1) is 14.0. The van der Waals surface area contributed by atoms with E-state index < -0.39 is 0 Å².